The van der Waals surface area contributed by atoms with Crippen LogP contribution in [0.15, 0.2) is 6.20 Å². The zero-order chi connectivity index (χ0) is 14.4. The molecule has 2 saturated carbocycles. The average molecular weight is 305 g/mol. The highest BCUT2D eigenvalue weighted by Gasteiger charge is 2.40. The Hall–Kier alpha value is -1.10. The lowest BCUT2D eigenvalue weighted by molar-refractivity contribution is 0.199. The van der Waals surface area contributed by atoms with Gasteiger partial charge in [0.15, 0.2) is 0 Å². The minimum atomic E-state index is 0.133. The molecule has 0 radical (unpaired) electrons. The zero-order valence-corrected chi connectivity index (χ0v) is 13.4. The summed E-state index contributed by atoms with van der Waals surface area (Å²) in [4.78, 5) is 20.4. The lowest BCUT2D eigenvalue weighted by Crippen LogP contribution is -2.41. The molecule has 1 N–H and O–H groups in total. The van der Waals surface area contributed by atoms with Gasteiger partial charge >= 0.3 is 6.03 Å². The number of hydrogen-bond donors (Lipinski definition) is 1. The van der Waals surface area contributed by atoms with Crippen LogP contribution >= 0.6 is 11.3 Å². The molecule has 4 nitrogen and oxygen atoms in total. The number of urea groups is 1. The molecule has 4 rings (SSSR count). The lowest BCUT2D eigenvalue weighted by atomic mass is 10.0. The molecule has 114 valence electrons. The van der Waals surface area contributed by atoms with Crippen LogP contribution in [0.2, 0.25) is 0 Å². The van der Waals surface area contributed by atoms with E-state index in [4.69, 9.17) is 0 Å². The number of nitrogens with zero attached hydrogens (tertiary/aromatic N) is 2. The summed E-state index contributed by atoms with van der Waals surface area (Å²) < 4.78 is 0. The number of carbonyl (C=O) groups is 1. The molecule has 2 heterocycles. The number of fused-ring (bicyclic) bond motifs is 1. The average Bonchev–Trinajstić information content (AvgIpc) is 2.85. The number of likely N-dealkylation sites (tertiary alicyclic amines) is 1. The Morgan fingerprint density at radius 3 is 2.62 bits per heavy atom. The molecule has 5 heteroatoms. The maximum absolute atomic E-state index is 12.6. The van der Waals surface area contributed by atoms with E-state index in [1.807, 2.05) is 11.1 Å². The second-order valence-corrected chi connectivity index (χ2v) is 8.20. The van der Waals surface area contributed by atoms with Gasteiger partial charge in [0.1, 0.15) is 5.01 Å². The van der Waals surface area contributed by atoms with E-state index in [1.54, 1.807) is 11.3 Å². The Kier molecular flexibility index (Phi) is 3.40. The molecule has 2 aliphatic carbocycles. The van der Waals surface area contributed by atoms with Gasteiger partial charge in [-0.05, 0) is 50.4 Å². The normalized spacial score (nSPS) is 29.5. The van der Waals surface area contributed by atoms with Crippen molar-refractivity contribution in [3.63, 3.8) is 0 Å². The van der Waals surface area contributed by atoms with Crippen LogP contribution in [0.4, 0.5) is 4.79 Å². The number of thiazole rings is 1. The summed E-state index contributed by atoms with van der Waals surface area (Å²) in [5.74, 6) is 2.12. The second-order valence-electron chi connectivity index (χ2n) is 6.93. The molecular formula is C16H23N3OS. The Labute approximate surface area is 129 Å². The molecule has 3 aliphatic rings. The molecule has 1 aliphatic heterocycles. The number of amides is 2. The van der Waals surface area contributed by atoms with Crippen LogP contribution in [0.1, 0.15) is 48.0 Å². The van der Waals surface area contributed by atoms with E-state index in [2.05, 4.69) is 17.2 Å². The number of carbonyl (C=O) groups excluding carboxylic acids is 1. The summed E-state index contributed by atoms with van der Waals surface area (Å²) in [6.07, 6.45) is 8.33. The predicted molar refractivity (Wildman–Crippen MR) is 83.3 cm³/mol. The minimum absolute atomic E-state index is 0.133. The molecule has 0 bridgehead atoms. The van der Waals surface area contributed by atoms with Gasteiger partial charge in [0.25, 0.3) is 0 Å². The fourth-order valence-electron chi connectivity index (χ4n) is 3.95. The molecule has 3 atom stereocenters. The van der Waals surface area contributed by atoms with E-state index >= 15 is 0 Å². The predicted octanol–water partition coefficient (Wildman–Crippen LogP) is 3.34. The van der Waals surface area contributed by atoms with Crippen molar-refractivity contribution in [2.75, 3.05) is 13.1 Å². The molecule has 1 aromatic heterocycles. The van der Waals surface area contributed by atoms with Crippen molar-refractivity contribution in [1.82, 2.24) is 15.2 Å². The van der Waals surface area contributed by atoms with Gasteiger partial charge < -0.3 is 10.2 Å². The van der Waals surface area contributed by atoms with E-state index in [0.29, 0.717) is 5.92 Å². The Bertz CT molecular complexity index is 527. The summed E-state index contributed by atoms with van der Waals surface area (Å²) >= 11 is 1.72. The van der Waals surface area contributed by atoms with Crippen molar-refractivity contribution in [2.24, 2.45) is 17.8 Å². The van der Waals surface area contributed by atoms with Crippen LogP contribution in [-0.4, -0.2) is 29.0 Å². The van der Waals surface area contributed by atoms with Gasteiger partial charge in [-0.3, -0.25) is 0 Å². The van der Waals surface area contributed by atoms with Crippen molar-refractivity contribution in [2.45, 2.75) is 45.1 Å². The summed E-state index contributed by atoms with van der Waals surface area (Å²) in [5.41, 5.74) is 0. The highest BCUT2D eigenvalue weighted by molar-refractivity contribution is 7.11. The maximum atomic E-state index is 12.6. The summed E-state index contributed by atoms with van der Waals surface area (Å²) in [6.45, 7) is 4.00. The fourth-order valence-corrected chi connectivity index (χ4v) is 4.87. The second kappa shape index (κ2) is 5.27. The molecule has 0 spiro atoms. The summed E-state index contributed by atoms with van der Waals surface area (Å²) in [7, 11) is 0. The minimum Gasteiger partial charge on any atom is -0.328 e. The number of aromatic nitrogens is 1. The smallest absolute Gasteiger partial charge is 0.317 e. The third-order valence-corrected chi connectivity index (χ3v) is 6.29. The van der Waals surface area contributed by atoms with Gasteiger partial charge in [-0.2, -0.15) is 0 Å². The van der Waals surface area contributed by atoms with Crippen LogP contribution in [0.3, 0.4) is 0 Å². The standard InChI is InChI=1S/C16H23N3OS/c1-10-7-17-15(21-10)14(11-5-6-11)18-16(20)19-8-12-3-2-4-13(12)9-19/h7,11-14H,2-6,8-9H2,1H3,(H,18,20)/t12-,13-,14+/m0/s1. The largest absolute Gasteiger partial charge is 0.328 e. The Balaban J connectivity index is 1.42. The van der Waals surface area contributed by atoms with Crippen LogP contribution in [0.25, 0.3) is 0 Å². The number of nitrogens with one attached hydrogen (secondary N) is 1. The van der Waals surface area contributed by atoms with E-state index < -0.39 is 0 Å². The topological polar surface area (TPSA) is 45.2 Å². The first-order valence-electron chi connectivity index (χ1n) is 8.18. The quantitative estimate of drug-likeness (QED) is 0.931. The fraction of sp³-hybridized carbons (Fsp3) is 0.750. The Morgan fingerprint density at radius 1 is 1.33 bits per heavy atom. The van der Waals surface area contributed by atoms with E-state index in [0.717, 1.165) is 29.9 Å². The summed E-state index contributed by atoms with van der Waals surface area (Å²) in [6, 6.07) is 0.269. The highest BCUT2D eigenvalue weighted by Crippen LogP contribution is 2.43. The van der Waals surface area contributed by atoms with Gasteiger partial charge in [0.05, 0.1) is 6.04 Å². The molecular weight excluding hydrogens is 282 g/mol. The van der Waals surface area contributed by atoms with Gasteiger partial charge in [0.2, 0.25) is 0 Å². The third kappa shape index (κ3) is 2.68. The first-order chi connectivity index (χ1) is 10.2. The molecule has 0 unspecified atom stereocenters. The SMILES string of the molecule is Cc1cnc([C@H](NC(=O)N2C[C@@H]3CCC[C@H]3C2)C2CC2)s1. The molecule has 1 aromatic rings. The number of hydrogen-bond acceptors (Lipinski definition) is 3. The van der Waals surface area contributed by atoms with Crippen molar-refractivity contribution < 1.29 is 4.79 Å². The molecule has 0 aromatic carbocycles. The van der Waals surface area contributed by atoms with Gasteiger partial charge in [-0.25, -0.2) is 9.78 Å². The molecule has 1 saturated heterocycles. The van der Waals surface area contributed by atoms with Crippen LogP contribution < -0.4 is 5.32 Å². The summed E-state index contributed by atoms with van der Waals surface area (Å²) in [5, 5.41) is 4.36. The van der Waals surface area contributed by atoms with Crippen LogP contribution in [0, 0.1) is 24.7 Å². The van der Waals surface area contributed by atoms with Crippen molar-refractivity contribution in [3.05, 3.63) is 16.1 Å². The van der Waals surface area contributed by atoms with Crippen LogP contribution in [0.5, 0.6) is 0 Å². The highest BCUT2D eigenvalue weighted by atomic mass is 32.1. The van der Waals surface area contributed by atoms with Crippen LogP contribution in [-0.2, 0) is 0 Å². The zero-order valence-electron chi connectivity index (χ0n) is 12.5. The third-order valence-electron chi connectivity index (χ3n) is 5.29. The maximum Gasteiger partial charge on any atom is 0.317 e. The van der Waals surface area contributed by atoms with E-state index in [9.17, 15) is 4.79 Å². The first-order valence-corrected chi connectivity index (χ1v) is 9.00. The number of rotatable bonds is 3. The van der Waals surface area contributed by atoms with Gasteiger partial charge in [0, 0.05) is 24.2 Å². The van der Waals surface area contributed by atoms with Crippen molar-refractivity contribution in [3.8, 4) is 0 Å². The monoisotopic (exact) mass is 305 g/mol. The lowest BCUT2D eigenvalue weighted by Gasteiger charge is -2.22. The van der Waals surface area contributed by atoms with Gasteiger partial charge in [-0.1, -0.05) is 6.42 Å². The molecule has 2 amide bonds. The van der Waals surface area contributed by atoms with Gasteiger partial charge in [-0.15, -0.1) is 11.3 Å². The van der Waals surface area contributed by atoms with E-state index in [1.165, 1.54) is 37.0 Å². The molecule has 21 heavy (non-hydrogen) atoms. The van der Waals surface area contributed by atoms with E-state index in [-0.39, 0.29) is 12.1 Å². The first kappa shape index (κ1) is 13.6. The van der Waals surface area contributed by atoms with Crippen molar-refractivity contribution in [1.29, 1.82) is 0 Å². The van der Waals surface area contributed by atoms with Crippen molar-refractivity contribution >= 4 is 17.4 Å². The number of aryl methyl sites for hydroxylation is 1. The Morgan fingerprint density at radius 2 is 2.05 bits per heavy atom. The molecule has 3 fully saturated rings.